The Balaban J connectivity index is 0.000000576. The van der Waals surface area contributed by atoms with Crippen LogP contribution in [0.3, 0.4) is 0 Å². The van der Waals surface area contributed by atoms with Crippen LogP contribution < -0.4 is 10.1 Å². The van der Waals surface area contributed by atoms with Crippen LogP contribution in [0.4, 0.5) is 5.00 Å². The van der Waals surface area contributed by atoms with Crippen molar-refractivity contribution in [2.24, 2.45) is 4.99 Å². The number of Topliss-reactive ketones (excluding diaryl/α,β-unsaturated/α-hetero) is 1. The number of furan rings is 1. The molecule has 0 aliphatic heterocycles. The quantitative estimate of drug-likeness (QED) is 0.120. The van der Waals surface area contributed by atoms with Crippen molar-refractivity contribution in [2.75, 3.05) is 11.9 Å². The van der Waals surface area contributed by atoms with Crippen LogP contribution in [0.1, 0.15) is 62.5 Å². The molecular formula is C32H37N3O6S. The van der Waals surface area contributed by atoms with Crippen molar-refractivity contribution in [3.05, 3.63) is 89.8 Å². The van der Waals surface area contributed by atoms with Gasteiger partial charge < -0.3 is 19.6 Å². The number of aromatic carboxylic acids is 1. The zero-order chi connectivity index (χ0) is 31.7. The number of carboxylic acid groups (broad SMARTS) is 1. The van der Waals surface area contributed by atoms with Gasteiger partial charge >= 0.3 is 5.97 Å². The average Bonchev–Trinajstić information content (AvgIpc) is 3.60. The van der Waals surface area contributed by atoms with Gasteiger partial charge in [-0.1, -0.05) is 38.1 Å². The van der Waals surface area contributed by atoms with Gasteiger partial charge in [0.1, 0.15) is 16.1 Å². The molecular weight excluding hydrogens is 554 g/mol. The van der Waals surface area contributed by atoms with Crippen LogP contribution in [0.2, 0.25) is 0 Å². The maximum Gasteiger partial charge on any atom is 0.339 e. The molecule has 0 fully saturated rings. The van der Waals surface area contributed by atoms with Gasteiger partial charge in [-0.05, 0) is 52.6 Å². The highest BCUT2D eigenvalue weighted by Crippen LogP contribution is 2.36. The highest BCUT2D eigenvalue weighted by molar-refractivity contribution is 7.15. The van der Waals surface area contributed by atoms with Crippen molar-refractivity contribution in [3.63, 3.8) is 0 Å². The normalized spacial score (nSPS) is 10.0. The molecule has 0 aliphatic carbocycles. The highest BCUT2D eigenvalue weighted by atomic mass is 32.1. The van der Waals surface area contributed by atoms with E-state index in [0.717, 1.165) is 16.7 Å². The molecule has 4 rings (SSSR count). The number of ketones is 1. The minimum atomic E-state index is -1.14. The summed E-state index contributed by atoms with van der Waals surface area (Å²) >= 11 is 1.13. The van der Waals surface area contributed by atoms with E-state index in [1.54, 1.807) is 48.8 Å². The summed E-state index contributed by atoms with van der Waals surface area (Å²) in [5, 5.41) is 15.1. The van der Waals surface area contributed by atoms with Crippen LogP contribution in [0, 0.1) is 0 Å². The predicted octanol–water partition coefficient (Wildman–Crippen LogP) is 8.30. The first-order valence-electron chi connectivity index (χ1n) is 13.1. The standard InChI is InChI=1S/C21H16N2O5S.C6H9NO.C3H6.C2H6/c1-2-27-17-8-7-13(10-22-17)14-11-29-20(18(14)21(25)26)23-19(24)16-9-12-5-3-4-6-15(12)28-16;1-5(4-7-3)6(2)8;1-3-2;1-2/h3-11H,2H2,1H3,(H,23,24)(H,25,26);4H,3H2,1-2H3;3H,1H2,2H3;1-2H3/b;5-4+;;. The zero-order valence-electron chi connectivity index (χ0n) is 24.8. The Morgan fingerprint density at radius 2 is 1.83 bits per heavy atom. The lowest BCUT2D eigenvalue weighted by atomic mass is 10.1. The number of allylic oxidation sites excluding steroid dienone is 2. The van der Waals surface area contributed by atoms with Crippen LogP contribution in [-0.2, 0) is 4.79 Å². The Bertz CT molecular complexity index is 1480. The Morgan fingerprint density at radius 1 is 1.17 bits per heavy atom. The topological polar surface area (TPSA) is 131 Å². The molecule has 3 heterocycles. The van der Waals surface area contributed by atoms with Crippen molar-refractivity contribution in [1.82, 2.24) is 4.98 Å². The summed E-state index contributed by atoms with van der Waals surface area (Å²) in [4.78, 5) is 42.5. The van der Waals surface area contributed by atoms with Crippen molar-refractivity contribution >= 4 is 51.7 Å². The maximum absolute atomic E-state index is 12.6. The summed E-state index contributed by atoms with van der Waals surface area (Å²) < 4.78 is 10.9. The molecule has 0 unspecified atom stereocenters. The van der Waals surface area contributed by atoms with E-state index >= 15 is 0 Å². The summed E-state index contributed by atoms with van der Waals surface area (Å²) in [7, 11) is 0. The van der Waals surface area contributed by atoms with Gasteiger partial charge in [-0.25, -0.2) is 9.78 Å². The van der Waals surface area contributed by atoms with Crippen LogP contribution in [0.25, 0.3) is 22.1 Å². The fourth-order valence-corrected chi connectivity index (χ4v) is 4.09. The molecule has 1 aromatic carbocycles. The first-order valence-corrected chi connectivity index (χ1v) is 14.0. The Hall–Kier alpha value is -4.83. The molecule has 2 N–H and O–H groups in total. The second-order valence-electron chi connectivity index (χ2n) is 8.04. The number of fused-ring (bicyclic) bond motifs is 1. The van der Waals surface area contributed by atoms with E-state index in [1.807, 2.05) is 45.9 Å². The molecule has 9 nitrogen and oxygen atoms in total. The molecule has 0 saturated carbocycles. The lowest BCUT2D eigenvalue weighted by molar-refractivity contribution is -0.113. The number of rotatable bonds is 8. The Labute approximate surface area is 250 Å². The van der Waals surface area contributed by atoms with Crippen LogP contribution in [0.5, 0.6) is 5.88 Å². The molecule has 0 aliphatic rings. The minimum Gasteiger partial charge on any atom is -0.478 e. The number of aliphatic imine (C=N–C) groups is 1. The Morgan fingerprint density at radius 3 is 2.33 bits per heavy atom. The number of carbonyl (C=O) groups excluding carboxylic acids is 2. The fourth-order valence-electron chi connectivity index (χ4n) is 3.13. The molecule has 0 radical (unpaired) electrons. The zero-order valence-corrected chi connectivity index (χ0v) is 25.6. The van der Waals surface area contributed by atoms with Gasteiger partial charge in [0.15, 0.2) is 11.5 Å². The van der Waals surface area contributed by atoms with E-state index in [4.69, 9.17) is 9.15 Å². The van der Waals surface area contributed by atoms with Gasteiger partial charge in [0.25, 0.3) is 5.91 Å². The van der Waals surface area contributed by atoms with Gasteiger partial charge in [0.05, 0.1) is 6.61 Å². The lowest BCUT2D eigenvalue weighted by Gasteiger charge is -2.06. The number of anilines is 1. The van der Waals surface area contributed by atoms with E-state index in [1.165, 1.54) is 13.1 Å². The molecule has 4 aromatic rings. The monoisotopic (exact) mass is 591 g/mol. The number of hydrogen-bond donors (Lipinski definition) is 2. The second-order valence-corrected chi connectivity index (χ2v) is 8.92. The van der Waals surface area contributed by atoms with E-state index in [2.05, 4.69) is 28.6 Å². The highest BCUT2D eigenvalue weighted by Gasteiger charge is 2.23. The minimum absolute atomic E-state index is 0.00502. The molecule has 42 heavy (non-hydrogen) atoms. The Kier molecular flexibility index (Phi) is 15.5. The molecule has 10 heteroatoms. The molecule has 0 atom stereocenters. The van der Waals surface area contributed by atoms with Gasteiger partial charge in [-0.2, -0.15) is 0 Å². The number of para-hydroxylation sites is 1. The summed E-state index contributed by atoms with van der Waals surface area (Å²) in [6.07, 6.45) is 4.74. The lowest BCUT2D eigenvalue weighted by Crippen LogP contribution is -2.12. The third-order valence-electron chi connectivity index (χ3n) is 5.06. The van der Waals surface area contributed by atoms with E-state index in [-0.39, 0.29) is 22.1 Å². The largest absolute Gasteiger partial charge is 0.478 e. The molecule has 3 aromatic heterocycles. The first-order chi connectivity index (χ1) is 20.2. The smallest absolute Gasteiger partial charge is 0.339 e. The number of pyridine rings is 1. The third kappa shape index (κ3) is 10.3. The molecule has 1 amide bonds. The summed E-state index contributed by atoms with van der Waals surface area (Å²) in [5.74, 6) is -1.05. The SMILES string of the molecule is C=CC.C=N/C=C(\C)C(C)=O.CC.CCOc1ccc(-c2csc(NC(=O)c3cc4ccccc4o3)c2C(=O)O)cn1. The molecule has 0 saturated heterocycles. The van der Waals surface area contributed by atoms with E-state index < -0.39 is 11.9 Å². The van der Waals surface area contributed by atoms with E-state index in [9.17, 15) is 19.5 Å². The first kappa shape index (κ1) is 35.2. The average molecular weight is 592 g/mol. The summed E-state index contributed by atoms with van der Waals surface area (Å²) in [5.41, 5.74) is 2.32. The van der Waals surface area contributed by atoms with Crippen molar-refractivity contribution in [2.45, 2.75) is 41.5 Å². The molecule has 222 valence electrons. The number of nitrogens with zero attached hydrogens (tertiary/aromatic N) is 2. The van der Waals surface area contributed by atoms with Gasteiger partial charge in [-0.15, -0.1) is 17.9 Å². The number of amides is 1. The van der Waals surface area contributed by atoms with Crippen LogP contribution in [-0.4, -0.2) is 41.1 Å². The molecule has 0 spiro atoms. The van der Waals surface area contributed by atoms with Crippen molar-refractivity contribution in [3.8, 4) is 17.0 Å². The number of carbonyl (C=O) groups is 3. The van der Waals surface area contributed by atoms with Crippen LogP contribution in [0.15, 0.2) is 87.9 Å². The van der Waals surface area contributed by atoms with E-state index in [0.29, 0.717) is 34.8 Å². The summed E-state index contributed by atoms with van der Waals surface area (Å²) in [6, 6.07) is 12.3. The number of ether oxygens (including phenoxy) is 1. The number of thiophene rings is 1. The second kappa shape index (κ2) is 18.5. The van der Waals surface area contributed by atoms with Crippen molar-refractivity contribution < 1.29 is 28.6 Å². The number of aromatic nitrogens is 1. The van der Waals surface area contributed by atoms with Gasteiger partial charge in [-0.3, -0.25) is 14.6 Å². The maximum atomic E-state index is 12.6. The van der Waals surface area contributed by atoms with Gasteiger partial charge in [0, 0.05) is 45.9 Å². The fraction of sp³-hybridized carbons (Fsp3) is 0.219. The van der Waals surface area contributed by atoms with Gasteiger partial charge in [0.2, 0.25) is 5.88 Å². The third-order valence-corrected chi connectivity index (χ3v) is 5.96. The van der Waals surface area contributed by atoms with Crippen molar-refractivity contribution in [1.29, 1.82) is 0 Å². The van der Waals surface area contributed by atoms with Crippen LogP contribution >= 0.6 is 11.3 Å². The summed E-state index contributed by atoms with van der Waals surface area (Å²) in [6.45, 7) is 18.0. The number of hydrogen-bond acceptors (Lipinski definition) is 8. The number of benzene rings is 1. The number of carboxylic acids is 1. The predicted molar refractivity (Wildman–Crippen MR) is 171 cm³/mol. The molecule has 0 bridgehead atoms. The number of nitrogens with one attached hydrogen (secondary N) is 1.